The molecule has 0 aliphatic carbocycles. The van der Waals surface area contributed by atoms with Gasteiger partial charge in [0.05, 0.1) is 14.2 Å². The fraction of sp³-hybridized carbons (Fsp3) is 0.381. The number of halogens is 1. The minimum Gasteiger partial charge on any atom is -0.497 e. The molecule has 6 nitrogen and oxygen atoms in total. The number of hydrogen-bond donors (Lipinski definition) is 2. The molecule has 0 spiro atoms. The van der Waals surface area contributed by atoms with Crippen molar-refractivity contribution in [2.24, 2.45) is 11.7 Å². The zero-order chi connectivity index (χ0) is 19.2. The van der Waals surface area contributed by atoms with Crippen LogP contribution in [0.15, 0.2) is 42.5 Å². The van der Waals surface area contributed by atoms with Crippen LogP contribution >= 0.6 is 12.4 Å². The Morgan fingerprint density at radius 3 is 2.36 bits per heavy atom. The molecular formula is C21H28ClN3O3. The lowest BCUT2D eigenvalue weighted by Gasteiger charge is -2.20. The normalized spacial score (nSPS) is 15.7. The highest BCUT2D eigenvalue weighted by Gasteiger charge is 2.24. The number of methoxy groups -OCH3 is 2. The monoisotopic (exact) mass is 405 g/mol. The average Bonchev–Trinajstić information content (AvgIpc) is 3.20. The molecule has 0 aromatic heterocycles. The number of nitrogens with two attached hydrogens (primary N) is 1. The number of ether oxygens (including phenoxy) is 2. The summed E-state index contributed by atoms with van der Waals surface area (Å²) in [6.45, 7) is 2.98. The molecule has 2 aromatic carbocycles. The van der Waals surface area contributed by atoms with E-state index in [0.29, 0.717) is 24.6 Å². The van der Waals surface area contributed by atoms with Gasteiger partial charge < -0.3 is 25.4 Å². The van der Waals surface area contributed by atoms with Crippen molar-refractivity contribution in [3.63, 3.8) is 0 Å². The molecule has 1 amide bonds. The van der Waals surface area contributed by atoms with Gasteiger partial charge in [-0.1, -0.05) is 12.1 Å². The Morgan fingerprint density at radius 2 is 1.79 bits per heavy atom. The largest absolute Gasteiger partial charge is 0.497 e. The summed E-state index contributed by atoms with van der Waals surface area (Å²) in [6.07, 6.45) is 1.03. The van der Waals surface area contributed by atoms with Gasteiger partial charge in [-0.05, 0) is 30.0 Å². The zero-order valence-electron chi connectivity index (χ0n) is 16.3. The molecule has 28 heavy (non-hydrogen) atoms. The molecule has 152 valence electrons. The number of nitrogens with one attached hydrogen (secondary N) is 1. The van der Waals surface area contributed by atoms with Crippen molar-refractivity contribution in [2.45, 2.75) is 13.0 Å². The predicted molar refractivity (Wildman–Crippen MR) is 114 cm³/mol. The van der Waals surface area contributed by atoms with Gasteiger partial charge in [-0.3, -0.25) is 4.79 Å². The maximum atomic E-state index is 12.3. The maximum Gasteiger partial charge on any atom is 0.251 e. The zero-order valence-corrected chi connectivity index (χ0v) is 17.1. The first kappa shape index (κ1) is 21.9. The van der Waals surface area contributed by atoms with Gasteiger partial charge >= 0.3 is 0 Å². The lowest BCUT2D eigenvalue weighted by Crippen LogP contribution is -2.31. The summed E-state index contributed by atoms with van der Waals surface area (Å²) in [7, 11) is 3.31. The lowest BCUT2D eigenvalue weighted by atomic mass is 10.1. The van der Waals surface area contributed by atoms with Crippen LogP contribution in [-0.2, 0) is 6.54 Å². The predicted octanol–water partition coefficient (Wildman–Crippen LogP) is 2.84. The Bertz CT molecular complexity index is 761. The Labute approximate surface area is 172 Å². The van der Waals surface area contributed by atoms with Gasteiger partial charge in [0, 0.05) is 55.6 Å². The third-order valence-corrected chi connectivity index (χ3v) is 4.99. The van der Waals surface area contributed by atoms with Gasteiger partial charge in [0.25, 0.3) is 5.91 Å². The van der Waals surface area contributed by atoms with E-state index in [1.165, 1.54) is 0 Å². The molecule has 1 unspecified atom stereocenters. The number of carbonyl (C=O) groups excluding carboxylic acids is 1. The van der Waals surface area contributed by atoms with Crippen LogP contribution in [0, 0.1) is 5.92 Å². The summed E-state index contributed by atoms with van der Waals surface area (Å²) in [6, 6.07) is 13.3. The molecule has 3 rings (SSSR count). The average molecular weight is 406 g/mol. The van der Waals surface area contributed by atoms with Crippen LogP contribution in [-0.4, -0.2) is 39.8 Å². The number of carbonyl (C=O) groups is 1. The summed E-state index contributed by atoms with van der Waals surface area (Å²) in [4.78, 5) is 14.6. The van der Waals surface area contributed by atoms with Crippen LogP contribution in [0.2, 0.25) is 0 Å². The van der Waals surface area contributed by atoms with Crippen molar-refractivity contribution < 1.29 is 14.3 Å². The maximum absolute atomic E-state index is 12.3. The van der Waals surface area contributed by atoms with Gasteiger partial charge in [0.15, 0.2) is 0 Å². The summed E-state index contributed by atoms with van der Waals surface area (Å²) in [5.41, 5.74) is 8.36. The SMILES string of the molecule is COc1cc(OC)cc(N2CCC(CNC(=O)c3ccc(CN)cc3)C2)c1.Cl. The van der Waals surface area contributed by atoms with E-state index in [2.05, 4.69) is 10.2 Å². The molecule has 3 N–H and O–H groups in total. The van der Waals surface area contributed by atoms with Crippen molar-refractivity contribution in [2.75, 3.05) is 38.8 Å². The second kappa shape index (κ2) is 10.2. The molecule has 1 saturated heterocycles. The second-order valence-corrected chi connectivity index (χ2v) is 6.78. The number of rotatable bonds is 7. The van der Waals surface area contributed by atoms with Gasteiger partial charge in [-0.2, -0.15) is 0 Å². The van der Waals surface area contributed by atoms with Crippen LogP contribution in [0.3, 0.4) is 0 Å². The molecule has 1 aliphatic heterocycles. The molecule has 7 heteroatoms. The highest BCUT2D eigenvalue weighted by molar-refractivity contribution is 5.94. The Balaban J connectivity index is 0.00000280. The van der Waals surface area contributed by atoms with E-state index in [1.807, 2.05) is 42.5 Å². The fourth-order valence-corrected chi connectivity index (χ4v) is 3.34. The summed E-state index contributed by atoms with van der Waals surface area (Å²) >= 11 is 0. The van der Waals surface area contributed by atoms with Crippen LogP contribution in [0.4, 0.5) is 5.69 Å². The molecule has 0 radical (unpaired) electrons. The molecule has 1 fully saturated rings. The number of benzene rings is 2. The Hall–Kier alpha value is -2.44. The van der Waals surface area contributed by atoms with Crippen LogP contribution in [0.25, 0.3) is 0 Å². The van der Waals surface area contributed by atoms with E-state index in [9.17, 15) is 4.79 Å². The van der Waals surface area contributed by atoms with Crippen molar-refractivity contribution in [3.8, 4) is 11.5 Å². The second-order valence-electron chi connectivity index (χ2n) is 6.78. The van der Waals surface area contributed by atoms with Gasteiger partial charge in [0.1, 0.15) is 11.5 Å². The van der Waals surface area contributed by atoms with E-state index in [0.717, 1.165) is 42.3 Å². The minimum atomic E-state index is -0.0416. The van der Waals surface area contributed by atoms with Crippen LogP contribution in [0.1, 0.15) is 22.3 Å². The number of anilines is 1. The van der Waals surface area contributed by atoms with Crippen LogP contribution in [0.5, 0.6) is 11.5 Å². The first-order valence-corrected chi connectivity index (χ1v) is 9.18. The van der Waals surface area contributed by atoms with Gasteiger partial charge in [0.2, 0.25) is 0 Å². The number of hydrogen-bond acceptors (Lipinski definition) is 5. The van der Waals surface area contributed by atoms with Crippen molar-refractivity contribution in [1.29, 1.82) is 0 Å². The van der Waals surface area contributed by atoms with Crippen LogP contribution < -0.4 is 25.4 Å². The van der Waals surface area contributed by atoms with Gasteiger partial charge in [-0.25, -0.2) is 0 Å². The Kier molecular flexibility index (Phi) is 7.96. The quantitative estimate of drug-likeness (QED) is 0.740. The molecule has 2 aromatic rings. The molecule has 1 aliphatic rings. The molecule has 1 atom stereocenters. The molecule has 1 heterocycles. The van der Waals surface area contributed by atoms with E-state index < -0.39 is 0 Å². The first-order chi connectivity index (χ1) is 13.1. The van der Waals surface area contributed by atoms with E-state index in [1.54, 1.807) is 14.2 Å². The first-order valence-electron chi connectivity index (χ1n) is 9.18. The third-order valence-electron chi connectivity index (χ3n) is 4.99. The minimum absolute atomic E-state index is 0. The van der Waals surface area contributed by atoms with Crippen molar-refractivity contribution >= 4 is 24.0 Å². The summed E-state index contributed by atoms with van der Waals surface area (Å²) in [5, 5.41) is 3.05. The number of nitrogens with zero attached hydrogens (tertiary/aromatic N) is 1. The lowest BCUT2D eigenvalue weighted by molar-refractivity contribution is 0.0948. The van der Waals surface area contributed by atoms with E-state index in [-0.39, 0.29) is 18.3 Å². The van der Waals surface area contributed by atoms with Crippen molar-refractivity contribution in [1.82, 2.24) is 5.32 Å². The molecule has 0 saturated carbocycles. The topological polar surface area (TPSA) is 76.8 Å². The molecular weight excluding hydrogens is 378 g/mol. The summed E-state index contributed by atoms with van der Waals surface area (Å²) in [5.74, 6) is 1.93. The van der Waals surface area contributed by atoms with E-state index in [4.69, 9.17) is 15.2 Å². The van der Waals surface area contributed by atoms with E-state index >= 15 is 0 Å². The molecule has 0 bridgehead atoms. The Morgan fingerprint density at radius 1 is 1.14 bits per heavy atom. The van der Waals surface area contributed by atoms with Crippen molar-refractivity contribution in [3.05, 3.63) is 53.6 Å². The number of amides is 1. The standard InChI is InChI=1S/C21H27N3O3.ClH/c1-26-19-9-18(10-20(11-19)27-2)24-8-7-16(14-24)13-23-21(25)17-5-3-15(12-22)4-6-17;/h3-6,9-11,16H,7-8,12-14,22H2,1-2H3,(H,23,25);1H. The smallest absolute Gasteiger partial charge is 0.251 e. The fourth-order valence-electron chi connectivity index (χ4n) is 3.34. The third kappa shape index (κ3) is 5.30. The highest BCUT2D eigenvalue weighted by atomic mass is 35.5. The highest BCUT2D eigenvalue weighted by Crippen LogP contribution is 2.31. The van der Waals surface area contributed by atoms with Gasteiger partial charge in [-0.15, -0.1) is 12.4 Å². The summed E-state index contributed by atoms with van der Waals surface area (Å²) < 4.78 is 10.7.